The van der Waals surface area contributed by atoms with Crippen LogP contribution in [0.1, 0.15) is 17.3 Å². The first-order chi connectivity index (χ1) is 8.11. The second kappa shape index (κ2) is 4.93. The van der Waals surface area contributed by atoms with E-state index in [4.69, 9.17) is 0 Å². The van der Waals surface area contributed by atoms with Gasteiger partial charge in [-0.3, -0.25) is 4.68 Å². The zero-order valence-corrected chi connectivity index (χ0v) is 11.1. The van der Waals surface area contributed by atoms with Crippen LogP contribution in [0.4, 0.5) is 4.39 Å². The monoisotopic (exact) mass is 298 g/mol. The molecule has 0 spiro atoms. The second-order valence-corrected chi connectivity index (χ2v) is 4.62. The number of benzene rings is 1. The van der Waals surface area contributed by atoms with Crippen LogP contribution in [0.5, 0.6) is 0 Å². The van der Waals surface area contributed by atoms with Crippen LogP contribution in [0.15, 0.2) is 28.9 Å². The molecule has 0 saturated heterocycles. The van der Waals surface area contributed by atoms with Gasteiger partial charge in [-0.05, 0) is 25.2 Å². The molecule has 0 aliphatic carbocycles. The third-order valence-corrected chi connectivity index (χ3v) is 2.97. The Bertz CT molecular complexity index is 526. The molecule has 0 aliphatic heterocycles. The molecule has 1 N–H and O–H groups in total. The number of aromatic nitrogens is 3. The Kier molecular flexibility index (Phi) is 3.54. The summed E-state index contributed by atoms with van der Waals surface area (Å²) < 4.78 is 16.2. The van der Waals surface area contributed by atoms with Gasteiger partial charge in [0.25, 0.3) is 0 Å². The van der Waals surface area contributed by atoms with Crippen molar-refractivity contribution in [3.8, 4) is 0 Å². The molecule has 1 aromatic heterocycles. The van der Waals surface area contributed by atoms with Crippen molar-refractivity contribution in [3.05, 3.63) is 45.9 Å². The van der Waals surface area contributed by atoms with E-state index in [1.54, 1.807) is 37.1 Å². The number of aryl methyl sites for hydroxylation is 1. The first-order valence-corrected chi connectivity index (χ1v) is 5.89. The summed E-state index contributed by atoms with van der Waals surface area (Å²) >= 11 is 3.34. The molecular weight excluding hydrogens is 287 g/mol. The van der Waals surface area contributed by atoms with Gasteiger partial charge in [0.05, 0.1) is 12.2 Å². The lowest BCUT2D eigenvalue weighted by atomic mass is 10.0. The molecule has 0 aliphatic rings. The summed E-state index contributed by atoms with van der Waals surface area (Å²) in [5.74, 6) is -0.266. The summed E-state index contributed by atoms with van der Waals surface area (Å²) in [5, 5.41) is 10.9. The molecule has 6 heteroatoms. The Morgan fingerprint density at radius 1 is 1.47 bits per heavy atom. The summed E-state index contributed by atoms with van der Waals surface area (Å²) in [6.45, 7) is 0. The van der Waals surface area contributed by atoms with Gasteiger partial charge in [-0.15, -0.1) is 5.10 Å². The van der Waals surface area contributed by atoms with Crippen molar-refractivity contribution in [3.63, 3.8) is 0 Å². The lowest BCUT2D eigenvalue weighted by molar-refractivity contribution is 0.569. The molecule has 90 valence electrons. The summed E-state index contributed by atoms with van der Waals surface area (Å²) in [6.07, 6.45) is 1.77. The minimum absolute atomic E-state index is 0.266. The highest BCUT2D eigenvalue weighted by Gasteiger charge is 2.19. The Balaban J connectivity index is 2.45. The van der Waals surface area contributed by atoms with Crippen LogP contribution < -0.4 is 5.32 Å². The molecule has 0 bridgehead atoms. The largest absolute Gasteiger partial charge is 0.308 e. The molecule has 2 aromatic rings. The lowest BCUT2D eigenvalue weighted by Gasteiger charge is -2.14. The maximum Gasteiger partial charge on any atom is 0.128 e. The normalized spacial score (nSPS) is 12.7. The van der Waals surface area contributed by atoms with Crippen LogP contribution in [-0.2, 0) is 7.05 Å². The molecule has 1 atom stereocenters. The van der Waals surface area contributed by atoms with Crippen molar-refractivity contribution < 1.29 is 4.39 Å². The summed E-state index contributed by atoms with van der Waals surface area (Å²) in [4.78, 5) is 0. The van der Waals surface area contributed by atoms with Gasteiger partial charge in [0.15, 0.2) is 0 Å². The van der Waals surface area contributed by atoms with Crippen LogP contribution in [-0.4, -0.2) is 22.0 Å². The highest BCUT2D eigenvalue weighted by molar-refractivity contribution is 9.10. The molecular formula is C11H12BrFN4. The van der Waals surface area contributed by atoms with Gasteiger partial charge >= 0.3 is 0 Å². The molecule has 4 nitrogen and oxygen atoms in total. The van der Waals surface area contributed by atoms with Crippen molar-refractivity contribution in [2.24, 2.45) is 7.05 Å². The van der Waals surface area contributed by atoms with E-state index in [-0.39, 0.29) is 11.9 Å². The first kappa shape index (κ1) is 12.2. The SMILES string of the molecule is CNC(c1cn(C)nn1)c1cc(Br)ccc1F. The first-order valence-electron chi connectivity index (χ1n) is 5.10. The van der Waals surface area contributed by atoms with Gasteiger partial charge < -0.3 is 5.32 Å². The van der Waals surface area contributed by atoms with E-state index in [0.29, 0.717) is 11.3 Å². The van der Waals surface area contributed by atoms with Gasteiger partial charge in [-0.1, -0.05) is 21.1 Å². The van der Waals surface area contributed by atoms with Crippen molar-refractivity contribution in [1.82, 2.24) is 20.3 Å². The van der Waals surface area contributed by atoms with Gasteiger partial charge in [0.2, 0.25) is 0 Å². The van der Waals surface area contributed by atoms with Gasteiger partial charge in [0.1, 0.15) is 11.5 Å². The predicted molar refractivity (Wildman–Crippen MR) is 66.0 cm³/mol. The van der Waals surface area contributed by atoms with Crippen LogP contribution in [0.3, 0.4) is 0 Å². The second-order valence-electron chi connectivity index (χ2n) is 3.70. The van der Waals surface area contributed by atoms with E-state index in [0.717, 1.165) is 4.47 Å². The third kappa shape index (κ3) is 2.53. The number of nitrogens with zero attached hydrogens (tertiary/aromatic N) is 3. The molecule has 0 amide bonds. The summed E-state index contributed by atoms with van der Waals surface area (Å²) in [6, 6.07) is 4.54. The minimum atomic E-state index is -0.304. The maximum absolute atomic E-state index is 13.8. The number of hydrogen-bond donors (Lipinski definition) is 1. The lowest BCUT2D eigenvalue weighted by Crippen LogP contribution is -2.19. The Morgan fingerprint density at radius 2 is 2.24 bits per heavy atom. The van der Waals surface area contributed by atoms with E-state index in [1.807, 2.05) is 0 Å². The van der Waals surface area contributed by atoms with Crippen LogP contribution >= 0.6 is 15.9 Å². The van der Waals surface area contributed by atoms with E-state index in [1.165, 1.54) is 6.07 Å². The molecule has 1 heterocycles. The highest BCUT2D eigenvalue weighted by Crippen LogP contribution is 2.25. The third-order valence-electron chi connectivity index (χ3n) is 2.47. The predicted octanol–water partition coefficient (Wildman–Crippen LogP) is 2.03. The fourth-order valence-corrected chi connectivity index (χ4v) is 2.07. The summed E-state index contributed by atoms with van der Waals surface area (Å²) in [5.41, 5.74) is 1.23. The molecule has 2 rings (SSSR count). The van der Waals surface area contributed by atoms with Crippen molar-refractivity contribution >= 4 is 15.9 Å². The average molecular weight is 299 g/mol. The van der Waals surface area contributed by atoms with E-state index >= 15 is 0 Å². The average Bonchev–Trinajstić information content (AvgIpc) is 2.71. The molecule has 17 heavy (non-hydrogen) atoms. The van der Waals surface area contributed by atoms with Crippen molar-refractivity contribution in [1.29, 1.82) is 0 Å². The topological polar surface area (TPSA) is 42.7 Å². The quantitative estimate of drug-likeness (QED) is 0.943. The number of hydrogen-bond acceptors (Lipinski definition) is 3. The minimum Gasteiger partial charge on any atom is -0.308 e. The van der Waals surface area contributed by atoms with Gasteiger partial charge in [0, 0.05) is 17.1 Å². The molecule has 1 unspecified atom stereocenters. The number of halogens is 2. The van der Waals surface area contributed by atoms with Crippen LogP contribution in [0.25, 0.3) is 0 Å². The number of rotatable bonds is 3. The molecule has 0 radical (unpaired) electrons. The highest BCUT2D eigenvalue weighted by atomic mass is 79.9. The van der Waals surface area contributed by atoms with Crippen molar-refractivity contribution in [2.75, 3.05) is 7.05 Å². The molecule has 0 fully saturated rings. The Hall–Kier alpha value is -1.27. The van der Waals surface area contributed by atoms with Gasteiger partial charge in [-0.2, -0.15) is 0 Å². The zero-order chi connectivity index (χ0) is 12.4. The van der Waals surface area contributed by atoms with E-state index in [9.17, 15) is 4.39 Å². The molecule has 1 aromatic carbocycles. The van der Waals surface area contributed by atoms with E-state index in [2.05, 4.69) is 31.6 Å². The number of nitrogens with one attached hydrogen (secondary N) is 1. The van der Waals surface area contributed by atoms with Crippen molar-refractivity contribution in [2.45, 2.75) is 6.04 Å². The Morgan fingerprint density at radius 3 is 2.82 bits per heavy atom. The standard InChI is InChI=1S/C11H12BrFN4/c1-14-11(10-6-17(2)16-15-10)8-5-7(12)3-4-9(8)13/h3-6,11,14H,1-2H3. The van der Waals surface area contributed by atoms with Crippen LogP contribution in [0, 0.1) is 5.82 Å². The maximum atomic E-state index is 13.8. The van der Waals surface area contributed by atoms with Gasteiger partial charge in [-0.25, -0.2) is 4.39 Å². The Labute approximate surface area is 107 Å². The zero-order valence-electron chi connectivity index (χ0n) is 9.48. The summed E-state index contributed by atoms with van der Waals surface area (Å²) in [7, 11) is 3.54. The fraction of sp³-hybridized carbons (Fsp3) is 0.273. The van der Waals surface area contributed by atoms with Crippen LogP contribution in [0.2, 0.25) is 0 Å². The smallest absolute Gasteiger partial charge is 0.128 e. The fourth-order valence-electron chi connectivity index (χ4n) is 1.70. The molecule has 0 saturated carbocycles. The van der Waals surface area contributed by atoms with E-state index < -0.39 is 0 Å².